The Hall–Kier alpha value is -4.00. The summed E-state index contributed by atoms with van der Waals surface area (Å²) in [5.41, 5.74) is 0.0294. The molecule has 1 saturated heterocycles. The number of carbonyl (C=O) groups excluding carboxylic acids is 6. The zero-order valence-electron chi connectivity index (χ0n) is 25.9. The Balaban J connectivity index is 2.03. The fourth-order valence-corrected chi connectivity index (χ4v) is 4.27. The third kappa shape index (κ3) is 12.0. The number of hydrogen-bond donors (Lipinski definition) is 3. The predicted octanol–water partition coefficient (Wildman–Crippen LogP) is 2.87. The Morgan fingerprint density at radius 2 is 1.58 bits per heavy atom. The van der Waals surface area contributed by atoms with E-state index in [1.54, 1.807) is 45.0 Å². The third-order valence-electron chi connectivity index (χ3n) is 6.21. The molecule has 3 N–H and O–H groups in total. The van der Waals surface area contributed by atoms with Crippen LogP contribution in [0, 0.1) is 17.8 Å². The number of alkyl carbamates (subject to hydrolysis) is 1. The van der Waals surface area contributed by atoms with Crippen LogP contribution in [-0.2, 0) is 40.3 Å². The number of nitrogens with zero attached hydrogens (tertiary/aromatic N) is 1. The van der Waals surface area contributed by atoms with Gasteiger partial charge in [0.15, 0.2) is 0 Å². The van der Waals surface area contributed by atoms with Gasteiger partial charge in [0.05, 0.1) is 12.5 Å². The van der Waals surface area contributed by atoms with E-state index in [1.165, 1.54) is 0 Å². The summed E-state index contributed by atoms with van der Waals surface area (Å²) in [5.74, 6) is -4.19. The second-order valence-corrected chi connectivity index (χ2v) is 12.3. The van der Waals surface area contributed by atoms with Gasteiger partial charge >= 0.3 is 12.2 Å². The normalized spacial score (nSPS) is 16.6. The van der Waals surface area contributed by atoms with Crippen molar-refractivity contribution >= 4 is 35.7 Å². The lowest BCUT2D eigenvalue weighted by atomic mass is 9.95. The zero-order chi connectivity index (χ0) is 32.3. The van der Waals surface area contributed by atoms with Gasteiger partial charge in [-0.05, 0) is 51.0 Å². The number of benzene rings is 1. The predicted molar refractivity (Wildman–Crippen MR) is 155 cm³/mol. The van der Waals surface area contributed by atoms with E-state index in [-0.39, 0.29) is 38.0 Å². The van der Waals surface area contributed by atoms with Crippen LogP contribution in [0.25, 0.3) is 0 Å². The summed E-state index contributed by atoms with van der Waals surface area (Å²) in [6.45, 7) is 12.0. The molecule has 43 heavy (non-hydrogen) atoms. The summed E-state index contributed by atoms with van der Waals surface area (Å²) < 4.78 is 5.23. The first-order valence-electron chi connectivity index (χ1n) is 14.4. The lowest BCUT2D eigenvalue weighted by molar-refractivity contribution is -0.300. The molecular weight excluding hydrogens is 560 g/mol. The van der Waals surface area contributed by atoms with E-state index < -0.39 is 59.3 Å². The quantitative estimate of drug-likeness (QED) is 0.174. The molecule has 1 aromatic rings. The molecule has 0 aliphatic carbocycles. The average molecular weight is 605 g/mol. The highest BCUT2D eigenvalue weighted by Gasteiger charge is 2.45. The van der Waals surface area contributed by atoms with Crippen molar-refractivity contribution in [3.8, 4) is 0 Å². The Bertz CT molecular complexity index is 1150. The number of imide groups is 1. The van der Waals surface area contributed by atoms with Gasteiger partial charge in [-0.25, -0.2) is 9.59 Å². The molecule has 3 atom stereocenters. The molecule has 1 aliphatic heterocycles. The second kappa shape index (κ2) is 16.0. The Morgan fingerprint density at radius 1 is 0.953 bits per heavy atom. The largest absolute Gasteiger partial charge is 0.445 e. The van der Waals surface area contributed by atoms with E-state index in [2.05, 4.69) is 16.0 Å². The van der Waals surface area contributed by atoms with E-state index in [4.69, 9.17) is 14.5 Å². The number of ether oxygens (including phenoxy) is 1. The standard InChI is InChI=1S/C30H44N4O9/c1-18(2)13-21(15-31-28(39)42-43-30(5,6)7)26(37)34-16-23(24(35)27(34)38)32-25(36)22(14-19(3)4)33-29(40)41-17-20-11-9-8-10-12-20/h8-12,18-19,21-23H,13-17H2,1-7H3,(H,31,39)(H,32,36)(H,33,40)/t21-,22-,23?/m0/s1. The van der Waals surface area contributed by atoms with Crippen LogP contribution in [0.4, 0.5) is 9.59 Å². The molecule has 2 rings (SSSR count). The highest BCUT2D eigenvalue weighted by Crippen LogP contribution is 2.19. The molecule has 1 aliphatic rings. The van der Waals surface area contributed by atoms with Crippen LogP contribution in [0.3, 0.4) is 0 Å². The van der Waals surface area contributed by atoms with Crippen LogP contribution in [0.15, 0.2) is 30.3 Å². The minimum Gasteiger partial charge on any atom is -0.445 e. The molecule has 0 radical (unpaired) electrons. The molecule has 0 spiro atoms. The van der Waals surface area contributed by atoms with Crippen LogP contribution in [0.2, 0.25) is 0 Å². The Morgan fingerprint density at radius 3 is 2.16 bits per heavy atom. The van der Waals surface area contributed by atoms with Crippen molar-refractivity contribution in [1.82, 2.24) is 20.9 Å². The van der Waals surface area contributed by atoms with Crippen LogP contribution >= 0.6 is 0 Å². The van der Waals surface area contributed by atoms with E-state index in [0.717, 1.165) is 10.5 Å². The highest BCUT2D eigenvalue weighted by atomic mass is 17.2. The van der Waals surface area contributed by atoms with E-state index in [1.807, 2.05) is 33.8 Å². The van der Waals surface area contributed by atoms with Crippen molar-refractivity contribution in [2.75, 3.05) is 13.1 Å². The van der Waals surface area contributed by atoms with Gasteiger partial charge in [0, 0.05) is 6.54 Å². The number of ketones is 1. The third-order valence-corrected chi connectivity index (χ3v) is 6.21. The van der Waals surface area contributed by atoms with Crippen molar-refractivity contribution < 1.29 is 43.3 Å². The number of likely N-dealkylation sites (tertiary alicyclic amines) is 1. The summed E-state index contributed by atoms with van der Waals surface area (Å²) >= 11 is 0. The van der Waals surface area contributed by atoms with Crippen molar-refractivity contribution in [2.45, 2.75) is 85.6 Å². The summed E-state index contributed by atoms with van der Waals surface area (Å²) in [6, 6.07) is 6.68. The topological polar surface area (TPSA) is 169 Å². The summed E-state index contributed by atoms with van der Waals surface area (Å²) in [5, 5.41) is 7.49. The minimum atomic E-state index is -1.29. The maximum Gasteiger partial charge on any atom is 0.438 e. The molecule has 1 aromatic carbocycles. The number of nitrogens with one attached hydrogen (secondary N) is 3. The van der Waals surface area contributed by atoms with E-state index in [9.17, 15) is 28.8 Å². The maximum atomic E-state index is 13.4. The van der Waals surface area contributed by atoms with Crippen molar-refractivity contribution in [2.24, 2.45) is 17.8 Å². The second-order valence-electron chi connectivity index (χ2n) is 12.3. The first-order valence-corrected chi connectivity index (χ1v) is 14.4. The first-order chi connectivity index (χ1) is 20.1. The van der Waals surface area contributed by atoms with Gasteiger partial charge < -0.3 is 20.7 Å². The number of rotatable bonds is 13. The van der Waals surface area contributed by atoms with Gasteiger partial charge in [-0.3, -0.25) is 29.0 Å². The van der Waals surface area contributed by atoms with Gasteiger partial charge in [-0.1, -0.05) is 58.0 Å². The molecule has 1 fully saturated rings. The van der Waals surface area contributed by atoms with Crippen LogP contribution in [-0.4, -0.2) is 71.4 Å². The van der Waals surface area contributed by atoms with Gasteiger partial charge in [0.2, 0.25) is 17.6 Å². The molecule has 0 saturated carbocycles. The zero-order valence-corrected chi connectivity index (χ0v) is 25.9. The van der Waals surface area contributed by atoms with Crippen molar-refractivity contribution in [3.63, 3.8) is 0 Å². The molecule has 13 heteroatoms. The smallest absolute Gasteiger partial charge is 0.438 e. The van der Waals surface area contributed by atoms with Gasteiger partial charge in [0.25, 0.3) is 5.91 Å². The fraction of sp³-hybridized carbons (Fsp3) is 0.600. The molecule has 238 valence electrons. The van der Waals surface area contributed by atoms with Crippen LogP contribution < -0.4 is 16.0 Å². The van der Waals surface area contributed by atoms with Crippen molar-refractivity contribution in [1.29, 1.82) is 0 Å². The van der Waals surface area contributed by atoms with Crippen molar-refractivity contribution in [3.05, 3.63) is 35.9 Å². The van der Waals surface area contributed by atoms with Gasteiger partial charge in [-0.15, -0.1) is 0 Å². The average Bonchev–Trinajstić information content (AvgIpc) is 3.20. The monoisotopic (exact) mass is 604 g/mol. The number of carbonyl (C=O) groups is 6. The number of amides is 5. The van der Waals surface area contributed by atoms with Crippen LogP contribution in [0.1, 0.15) is 66.9 Å². The first kappa shape index (κ1) is 35.2. The molecular formula is C30H44N4O9. The fourth-order valence-electron chi connectivity index (χ4n) is 4.27. The molecule has 5 amide bonds. The Kier molecular flexibility index (Phi) is 13.1. The lowest BCUT2D eigenvalue weighted by Crippen LogP contribution is -2.52. The van der Waals surface area contributed by atoms with Gasteiger partial charge in [0.1, 0.15) is 24.3 Å². The highest BCUT2D eigenvalue weighted by molar-refractivity contribution is 6.43. The lowest BCUT2D eigenvalue weighted by Gasteiger charge is -2.24. The molecule has 0 aromatic heterocycles. The molecule has 0 bridgehead atoms. The molecule has 1 heterocycles. The van der Waals surface area contributed by atoms with E-state index >= 15 is 0 Å². The summed E-state index contributed by atoms with van der Waals surface area (Å²) in [6.07, 6.45) is -1.18. The summed E-state index contributed by atoms with van der Waals surface area (Å²) in [7, 11) is 0. The summed E-state index contributed by atoms with van der Waals surface area (Å²) in [4.78, 5) is 87.0. The van der Waals surface area contributed by atoms with Gasteiger partial charge in [-0.2, -0.15) is 4.89 Å². The van der Waals surface area contributed by atoms with Crippen LogP contribution in [0.5, 0.6) is 0 Å². The maximum absolute atomic E-state index is 13.4. The molecule has 13 nitrogen and oxygen atoms in total. The minimum absolute atomic E-state index is 0.00309. The molecule has 1 unspecified atom stereocenters. The Labute approximate surface area is 252 Å². The number of Topliss-reactive ketones (excluding diaryl/α,β-unsaturated/α-hetero) is 1. The number of hydrogen-bond acceptors (Lipinski definition) is 9. The SMILES string of the molecule is CC(C)C[C@@H](CNC(=O)OOC(C)(C)C)C(=O)N1CC(NC(=O)[C@H](CC(C)C)NC(=O)OCc2ccccc2)C(=O)C1=O. The van der Waals surface area contributed by atoms with E-state index in [0.29, 0.717) is 6.42 Å².